The molecule has 1 aromatic heterocycles. The van der Waals surface area contributed by atoms with Gasteiger partial charge in [-0.05, 0) is 61.9 Å². The van der Waals surface area contributed by atoms with Crippen molar-refractivity contribution in [2.24, 2.45) is 5.92 Å². The third-order valence-corrected chi connectivity index (χ3v) is 10.5. The second-order valence-electron chi connectivity index (χ2n) is 10.0. The highest BCUT2D eigenvalue weighted by Gasteiger charge is 2.34. The van der Waals surface area contributed by atoms with Gasteiger partial charge in [0.15, 0.2) is 0 Å². The van der Waals surface area contributed by atoms with E-state index in [2.05, 4.69) is 4.98 Å². The standard InChI is InChI=1S/C27H32FN3O6S2/c1-36-23-10-12-25(13-11-23)39(34,35)30(16-20-8-9-20)17-22-15-29-27(31(22)18-24-6-4-14-37-24)38(32,33)19-21-5-2-3-7-26(21)28/h2-3,5,7,10-13,15,20,24H,4,6,8-9,14,16-19H2,1H3/t24-/m0/s1. The van der Waals surface area contributed by atoms with E-state index in [9.17, 15) is 21.2 Å². The summed E-state index contributed by atoms with van der Waals surface area (Å²) in [6.45, 7) is 1.04. The summed E-state index contributed by atoms with van der Waals surface area (Å²) < 4.78 is 82.6. The topological polar surface area (TPSA) is 108 Å². The van der Waals surface area contributed by atoms with Crippen LogP contribution in [0.25, 0.3) is 0 Å². The van der Waals surface area contributed by atoms with Crippen LogP contribution in [0.3, 0.4) is 0 Å². The van der Waals surface area contributed by atoms with Crippen molar-refractivity contribution in [3.8, 4) is 5.75 Å². The molecule has 0 radical (unpaired) electrons. The smallest absolute Gasteiger partial charge is 0.243 e. The van der Waals surface area contributed by atoms with Gasteiger partial charge in [-0.1, -0.05) is 18.2 Å². The number of methoxy groups -OCH3 is 1. The maximum atomic E-state index is 14.3. The Hall–Kier alpha value is -2.80. The molecule has 2 fully saturated rings. The van der Waals surface area contributed by atoms with Crippen LogP contribution in [-0.2, 0) is 43.4 Å². The Morgan fingerprint density at radius 1 is 1.08 bits per heavy atom. The molecule has 39 heavy (non-hydrogen) atoms. The maximum absolute atomic E-state index is 14.3. The van der Waals surface area contributed by atoms with E-state index < -0.39 is 31.4 Å². The molecule has 210 valence electrons. The second kappa shape index (κ2) is 11.4. The summed E-state index contributed by atoms with van der Waals surface area (Å²) in [5.74, 6) is -0.379. The minimum atomic E-state index is -4.05. The number of sulfone groups is 1. The zero-order chi connectivity index (χ0) is 27.6. The Labute approximate surface area is 228 Å². The predicted octanol–water partition coefficient (Wildman–Crippen LogP) is 3.78. The SMILES string of the molecule is COc1ccc(S(=O)(=O)N(Cc2cnc(S(=O)(=O)Cc3ccccc3F)n2C[C@@H]2CCCO2)CC2CC2)cc1. The highest BCUT2D eigenvalue weighted by Crippen LogP contribution is 2.33. The summed E-state index contributed by atoms with van der Waals surface area (Å²) in [6, 6.07) is 11.9. The van der Waals surface area contributed by atoms with E-state index in [4.69, 9.17) is 9.47 Å². The molecular weight excluding hydrogens is 545 g/mol. The number of benzene rings is 2. The molecule has 2 heterocycles. The molecular formula is C27H32FN3O6S2. The van der Waals surface area contributed by atoms with Crippen LogP contribution in [0.5, 0.6) is 5.75 Å². The van der Waals surface area contributed by atoms with E-state index in [0.29, 0.717) is 24.6 Å². The highest BCUT2D eigenvalue weighted by molar-refractivity contribution is 7.90. The Balaban J connectivity index is 1.50. The second-order valence-corrected chi connectivity index (χ2v) is 13.9. The van der Waals surface area contributed by atoms with Gasteiger partial charge in [0.2, 0.25) is 25.0 Å². The molecule has 0 N–H and O–H groups in total. The van der Waals surface area contributed by atoms with E-state index in [1.807, 2.05) is 0 Å². The van der Waals surface area contributed by atoms with Crippen molar-refractivity contribution in [2.75, 3.05) is 20.3 Å². The molecule has 0 bridgehead atoms. The minimum Gasteiger partial charge on any atom is -0.497 e. The molecule has 0 amide bonds. The number of sulfonamides is 1. The summed E-state index contributed by atoms with van der Waals surface area (Å²) in [7, 11) is -6.44. The van der Waals surface area contributed by atoms with Crippen LogP contribution in [0.2, 0.25) is 0 Å². The molecule has 1 saturated heterocycles. The van der Waals surface area contributed by atoms with E-state index in [1.165, 1.54) is 52.5 Å². The van der Waals surface area contributed by atoms with Gasteiger partial charge in [-0.25, -0.2) is 26.2 Å². The molecule has 1 aliphatic carbocycles. The fourth-order valence-corrected chi connectivity index (χ4v) is 7.75. The van der Waals surface area contributed by atoms with Crippen LogP contribution in [0.1, 0.15) is 36.9 Å². The van der Waals surface area contributed by atoms with Gasteiger partial charge in [-0.15, -0.1) is 0 Å². The summed E-state index contributed by atoms with van der Waals surface area (Å²) in [6.07, 6.45) is 4.66. The molecule has 0 unspecified atom stereocenters. The first-order valence-electron chi connectivity index (χ1n) is 12.9. The Kier molecular flexibility index (Phi) is 8.08. The average Bonchev–Trinajstić information content (AvgIpc) is 3.41. The fraction of sp³-hybridized carbons (Fsp3) is 0.444. The van der Waals surface area contributed by atoms with Crippen LogP contribution >= 0.6 is 0 Å². The summed E-state index contributed by atoms with van der Waals surface area (Å²) in [5, 5.41) is -0.218. The molecule has 2 aromatic carbocycles. The number of ether oxygens (including phenoxy) is 2. The van der Waals surface area contributed by atoms with Crippen LogP contribution in [0.4, 0.5) is 4.39 Å². The van der Waals surface area contributed by atoms with Crippen molar-refractivity contribution < 1.29 is 30.7 Å². The first kappa shape index (κ1) is 27.8. The predicted molar refractivity (Wildman–Crippen MR) is 142 cm³/mol. The normalized spacial score (nSPS) is 18.1. The van der Waals surface area contributed by atoms with Crippen LogP contribution < -0.4 is 4.74 Å². The lowest BCUT2D eigenvalue weighted by Crippen LogP contribution is -2.34. The minimum absolute atomic E-state index is 0.0446. The number of aromatic nitrogens is 2. The van der Waals surface area contributed by atoms with E-state index in [1.54, 1.807) is 18.2 Å². The lowest BCUT2D eigenvalue weighted by atomic mass is 10.2. The number of rotatable bonds is 12. The van der Waals surface area contributed by atoms with Gasteiger partial charge in [-0.2, -0.15) is 4.31 Å². The molecule has 0 spiro atoms. The van der Waals surface area contributed by atoms with Crippen LogP contribution in [0, 0.1) is 11.7 Å². The monoisotopic (exact) mass is 577 g/mol. The van der Waals surface area contributed by atoms with Gasteiger partial charge >= 0.3 is 0 Å². The molecule has 3 aromatic rings. The summed E-state index contributed by atoms with van der Waals surface area (Å²) in [4.78, 5) is 4.37. The molecule has 9 nitrogen and oxygen atoms in total. The Bertz CT molecular complexity index is 1510. The first-order valence-corrected chi connectivity index (χ1v) is 16.0. The largest absolute Gasteiger partial charge is 0.497 e. The zero-order valence-corrected chi connectivity index (χ0v) is 23.3. The lowest BCUT2D eigenvalue weighted by Gasteiger charge is -2.24. The van der Waals surface area contributed by atoms with Gasteiger partial charge in [0, 0.05) is 18.7 Å². The van der Waals surface area contributed by atoms with Gasteiger partial charge in [0.25, 0.3) is 0 Å². The van der Waals surface area contributed by atoms with Crippen molar-refractivity contribution in [3.05, 3.63) is 71.8 Å². The quantitative estimate of drug-likeness (QED) is 0.322. The first-order chi connectivity index (χ1) is 18.7. The van der Waals surface area contributed by atoms with Gasteiger partial charge in [-0.3, -0.25) is 0 Å². The van der Waals surface area contributed by atoms with Crippen LogP contribution in [0.15, 0.2) is 64.8 Å². The van der Waals surface area contributed by atoms with Gasteiger partial charge < -0.3 is 14.0 Å². The van der Waals surface area contributed by atoms with E-state index in [-0.39, 0.29) is 40.7 Å². The fourth-order valence-electron chi connectivity index (χ4n) is 4.75. The van der Waals surface area contributed by atoms with E-state index in [0.717, 1.165) is 25.7 Å². The Morgan fingerprint density at radius 2 is 1.82 bits per heavy atom. The van der Waals surface area contributed by atoms with Crippen molar-refractivity contribution >= 4 is 19.9 Å². The molecule has 2 aliphatic rings. The number of hydrogen-bond donors (Lipinski definition) is 0. The lowest BCUT2D eigenvalue weighted by molar-refractivity contribution is 0.0937. The molecule has 1 aliphatic heterocycles. The highest BCUT2D eigenvalue weighted by atomic mass is 32.2. The zero-order valence-electron chi connectivity index (χ0n) is 21.7. The van der Waals surface area contributed by atoms with Crippen molar-refractivity contribution in [1.29, 1.82) is 0 Å². The summed E-state index contributed by atoms with van der Waals surface area (Å²) >= 11 is 0. The van der Waals surface area contributed by atoms with Crippen molar-refractivity contribution in [3.63, 3.8) is 0 Å². The molecule has 1 saturated carbocycles. The maximum Gasteiger partial charge on any atom is 0.243 e. The van der Waals surface area contributed by atoms with Crippen molar-refractivity contribution in [2.45, 2.75) is 60.7 Å². The molecule has 1 atom stereocenters. The number of hydrogen-bond acceptors (Lipinski definition) is 7. The average molecular weight is 578 g/mol. The van der Waals surface area contributed by atoms with Gasteiger partial charge in [0.1, 0.15) is 11.6 Å². The summed E-state index contributed by atoms with van der Waals surface area (Å²) in [5.41, 5.74) is 0.485. The van der Waals surface area contributed by atoms with Crippen LogP contribution in [-0.4, -0.2) is 57.1 Å². The number of nitrogens with zero attached hydrogens (tertiary/aromatic N) is 3. The van der Waals surface area contributed by atoms with E-state index >= 15 is 0 Å². The van der Waals surface area contributed by atoms with Crippen molar-refractivity contribution in [1.82, 2.24) is 13.9 Å². The number of imidazole rings is 1. The number of halogens is 1. The third-order valence-electron chi connectivity index (χ3n) is 7.09. The Morgan fingerprint density at radius 3 is 2.46 bits per heavy atom. The molecule has 12 heteroatoms. The van der Waals surface area contributed by atoms with Gasteiger partial charge in [0.05, 0.1) is 48.8 Å². The third kappa shape index (κ3) is 6.34. The molecule has 5 rings (SSSR count).